The summed E-state index contributed by atoms with van der Waals surface area (Å²) >= 11 is 0. The Bertz CT molecular complexity index is 2100. The molecule has 0 bridgehead atoms. The standard InChI is InChI=1S/C34H21N/c1-3-13-24-22(10-1)12-9-19-30(24)35-31-18-8-7-17-28(31)33-27-16-6-5-15-26(27)32-25-14-4-2-11-23(25)20-21-29(32)34(33)35/h1-21H. The molecule has 0 saturated heterocycles. The van der Waals surface area contributed by atoms with Crippen molar-refractivity contribution in [3.63, 3.8) is 0 Å². The second-order valence-corrected chi connectivity index (χ2v) is 9.33. The lowest BCUT2D eigenvalue weighted by Crippen LogP contribution is -1.96. The molecule has 0 radical (unpaired) electrons. The van der Waals surface area contributed by atoms with Gasteiger partial charge in [-0.15, -0.1) is 0 Å². The van der Waals surface area contributed by atoms with Crippen LogP contribution in [0.5, 0.6) is 0 Å². The molecule has 162 valence electrons. The Morgan fingerprint density at radius 2 is 0.914 bits per heavy atom. The van der Waals surface area contributed by atoms with Gasteiger partial charge < -0.3 is 4.57 Å². The molecule has 8 rings (SSSR count). The van der Waals surface area contributed by atoms with Gasteiger partial charge in [0.1, 0.15) is 0 Å². The second kappa shape index (κ2) is 6.94. The molecule has 0 amide bonds. The maximum absolute atomic E-state index is 2.50. The van der Waals surface area contributed by atoms with Crippen molar-refractivity contribution in [3.8, 4) is 5.69 Å². The van der Waals surface area contributed by atoms with Gasteiger partial charge in [0.05, 0.1) is 16.7 Å². The van der Waals surface area contributed by atoms with Crippen molar-refractivity contribution >= 4 is 64.9 Å². The molecule has 0 unspecified atom stereocenters. The molecule has 0 N–H and O–H groups in total. The third-order valence-electron chi connectivity index (χ3n) is 7.53. The number of rotatable bonds is 1. The summed E-state index contributed by atoms with van der Waals surface area (Å²) < 4.78 is 2.50. The van der Waals surface area contributed by atoms with Crippen molar-refractivity contribution in [3.05, 3.63) is 127 Å². The second-order valence-electron chi connectivity index (χ2n) is 9.33. The predicted molar refractivity (Wildman–Crippen MR) is 151 cm³/mol. The molecule has 0 aliphatic rings. The van der Waals surface area contributed by atoms with E-state index < -0.39 is 0 Å². The fourth-order valence-corrected chi connectivity index (χ4v) is 6.10. The quantitative estimate of drug-likeness (QED) is 0.223. The number of nitrogens with zero attached hydrogens (tertiary/aromatic N) is 1. The fraction of sp³-hybridized carbons (Fsp3) is 0. The average molecular weight is 444 g/mol. The summed E-state index contributed by atoms with van der Waals surface area (Å²) in [5.41, 5.74) is 3.74. The van der Waals surface area contributed by atoms with Gasteiger partial charge in [0.15, 0.2) is 0 Å². The van der Waals surface area contributed by atoms with Gasteiger partial charge in [-0.3, -0.25) is 0 Å². The van der Waals surface area contributed by atoms with Gasteiger partial charge in [-0.25, -0.2) is 0 Å². The third-order valence-corrected chi connectivity index (χ3v) is 7.53. The number of benzene rings is 7. The molecule has 0 spiro atoms. The highest BCUT2D eigenvalue weighted by atomic mass is 15.0. The number of aromatic nitrogens is 1. The molecule has 1 nitrogen and oxygen atoms in total. The van der Waals surface area contributed by atoms with Crippen LogP contribution in [0, 0.1) is 0 Å². The molecule has 1 heterocycles. The van der Waals surface area contributed by atoms with Gasteiger partial charge in [-0.05, 0) is 44.5 Å². The predicted octanol–water partition coefficient (Wildman–Crippen LogP) is 9.40. The van der Waals surface area contributed by atoms with E-state index in [0.717, 1.165) is 0 Å². The molecule has 1 heteroatoms. The van der Waals surface area contributed by atoms with Gasteiger partial charge >= 0.3 is 0 Å². The first-order valence-electron chi connectivity index (χ1n) is 12.1. The zero-order chi connectivity index (χ0) is 22.9. The van der Waals surface area contributed by atoms with Crippen molar-refractivity contribution < 1.29 is 0 Å². The molecule has 0 aliphatic carbocycles. The summed E-state index contributed by atoms with van der Waals surface area (Å²) in [6.07, 6.45) is 0. The highest BCUT2D eigenvalue weighted by molar-refractivity contribution is 6.36. The van der Waals surface area contributed by atoms with Crippen molar-refractivity contribution in [1.29, 1.82) is 0 Å². The normalized spacial score (nSPS) is 12.0. The molecule has 8 aromatic rings. The monoisotopic (exact) mass is 443 g/mol. The molecule has 0 aliphatic heterocycles. The summed E-state index contributed by atoms with van der Waals surface area (Å²) in [5, 5.41) is 13.0. The summed E-state index contributed by atoms with van der Waals surface area (Å²) in [5.74, 6) is 0. The molecule has 1 aromatic heterocycles. The summed E-state index contributed by atoms with van der Waals surface area (Å²) in [4.78, 5) is 0. The van der Waals surface area contributed by atoms with Crippen molar-refractivity contribution in [2.75, 3.05) is 0 Å². The summed E-state index contributed by atoms with van der Waals surface area (Å²) in [6.45, 7) is 0. The Morgan fingerprint density at radius 1 is 0.343 bits per heavy atom. The first-order valence-corrected chi connectivity index (χ1v) is 12.1. The van der Waals surface area contributed by atoms with Crippen LogP contribution in [0.3, 0.4) is 0 Å². The van der Waals surface area contributed by atoms with Crippen LogP contribution in [0.15, 0.2) is 127 Å². The molecule has 7 aromatic carbocycles. The molecule has 35 heavy (non-hydrogen) atoms. The van der Waals surface area contributed by atoms with E-state index in [9.17, 15) is 0 Å². The largest absolute Gasteiger partial charge is 0.308 e. The minimum atomic E-state index is 1.22. The number of hydrogen-bond donors (Lipinski definition) is 0. The molecule has 0 saturated carbocycles. The van der Waals surface area contributed by atoms with E-state index in [0.29, 0.717) is 0 Å². The van der Waals surface area contributed by atoms with Crippen LogP contribution in [0.1, 0.15) is 0 Å². The Hall–Kier alpha value is -4.62. The Labute approximate surface area is 202 Å². The minimum absolute atomic E-state index is 1.22. The van der Waals surface area contributed by atoms with Crippen LogP contribution in [-0.2, 0) is 0 Å². The third kappa shape index (κ3) is 2.47. The Balaban J connectivity index is 1.74. The highest BCUT2D eigenvalue weighted by Gasteiger charge is 2.20. The van der Waals surface area contributed by atoms with Crippen LogP contribution in [0.25, 0.3) is 70.6 Å². The SMILES string of the molecule is c1ccc2c(-n3c4ccccc4c4c5ccccc5c5c6ccccc6ccc5c43)cccc2c1. The first-order chi connectivity index (χ1) is 17.4. The van der Waals surface area contributed by atoms with Gasteiger partial charge in [0, 0.05) is 21.5 Å². The molecular formula is C34H21N. The average Bonchev–Trinajstić information content (AvgIpc) is 3.28. The van der Waals surface area contributed by atoms with Crippen molar-refractivity contribution in [2.24, 2.45) is 0 Å². The number of fused-ring (bicyclic) bond motifs is 11. The zero-order valence-corrected chi connectivity index (χ0v) is 19.1. The summed E-state index contributed by atoms with van der Waals surface area (Å²) in [6, 6.07) is 46.5. The van der Waals surface area contributed by atoms with E-state index in [1.54, 1.807) is 0 Å². The van der Waals surface area contributed by atoms with E-state index in [1.165, 1.54) is 70.6 Å². The van der Waals surface area contributed by atoms with Crippen LogP contribution >= 0.6 is 0 Å². The van der Waals surface area contributed by atoms with E-state index in [4.69, 9.17) is 0 Å². The lowest BCUT2D eigenvalue weighted by atomic mass is 9.93. The zero-order valence-electron chi connectivity index (χ0n) is 19.1. The van der Waals surface area contributed by atoms with Crippen LogP contribution in [0.4, 0.5) is 0 Å². The Kier molecular flexibility index (Phi) is 3.72. The van der Waals surface area contributed by atoms with Crippen molar-refractivity contribution in [1.82, 2.24) is 4.57 Å². The number of hydrogen-bond acceptors (Lipinski definition) is 0. The highest BCUT2D eigenvalue weighted by Crippen LogP contribution is 2.44. The van der Waals surface area contributed by atoms with E-state index in [-0.39, 0.29) is 0 Å². The first kappa shape index (κ1) is 18.8. The molecule has 0 atom stereocenters. The van der Waals surface area contributed by atoms with E-state index in [2.05, 4.69) is 132 Å². The van der Waals surface area contributed by atoms with Crippen LogP contribution < -0.4 is 0 Å². The van der Waals surface area contributed by atoms with E-state index >= 15 is 0 Å². The smallest absolute Gasteiger partial charge is 0.0626 e. The lowest BCUT2D eigenvalue weighted by Gasteiger charge is -2.15. The maximum Gasteiger partial charge on any atom is 0.0626 e. The molecular weight excluding hydrogens is 422 g/mol. The fourth-order valence-electron chi connectivity index (χ4n) is 6.10. The molecule has 0 fully saturated rings. The summed E-state index contributed by atoms with van der Waals surface area (Å²) in [7, 11) is 0. The van der Waals surface area contributed by atoms with Crippen LogP contribution in [0.2, 0.25) is 0 Å². The lowest BCUT2D eigenvalue weighted by molar-refractivity contribution is 1.21. The minimum Gasteiger partial charge on any atom is -0.308 e. The van der Waals surface area contributed by atoms with Gasteiger partial charge in [-0.2, -0.15) is 0 Å². The van der Waals surface area contributed by atoms with Crippen molar-refractivity contribution in [2.45, 2.75) is 0 Å². The number of para-hydroxylation sites is 1. The maximum atomic E-state index is 2.50. The van der Waals surface area contributed by atoms with Gasteiger partial charge in [-0.1, -0.05) is 115 Å². The topological polar surface area (TPSA) is 4.93 Å². The van der Waals surface area contributed by atoms with E-state index in [1.807, 2.05) is 0 Å². The Morgan fingerprint density at radius 3 is 1.71 bits per heavy atom. The van der Waals surface area contributed by atoms with Gasteiger partial charge in [0.25, 0.3) is 0 Å². The van der Waals surface area contributed by atoms with Gasteiger partial charge in [0.2, 0.25) is 0 Å². The van der Waals surface area contributed by atoms with Crippen LogP contribution in [-0.4, -0.2) is 4.57 Å².